The number of halogens is 1. The van der Waals surface area contributed by atoms with E-state index in [0.29, 0.717) is 12.4 Å². The van der Waals surface area contributed by atoms with Gasteiger partial charge in [0.15, 0.2) is 0 Å². The number of rotatable bonds is 3. The van der Waals surface area contributed by atoms with Crippen LogP contribution in [0.1, 0.15) is 11.1 Å². The minimum atomic E-state index is -0.401. The number of hydrogen-bond acceptors (Lipinski definition) is 1. The third-order valence-corrected chi connectivity index (χ3v) is 2.23. The minimum Gasteiger partial charge on any atom is -0.489 e. The number of aryl methyl sites for hydroxylation is 1. The van der Waals surface area contributed by atoms with Crippen molar-refractivity contribution in [2.24, 2.45) is 0 Å². The SMILES string of the molecule is Cc1cccc(COc2cc[c]c(F)c2)c1. The topological polar surface area (TPSA) is 9.23 Å². The fraction of sp³-hybridized carbons (Fsp3) is 0.143. The molecule has 0 amide bonds. The maximum absolute atomic E-state index is 12.8. The Morgan fingerprint density at radius 2 is 2.12 bits per heavy atom. The van der Waals surface area contributed by atoms with Crippen molar-refractivity contribution in [2.45, 2.75) is 13.5 Å². The van der Waals surface area contributed by atoms with Crippen LogP contribution in [0, 0.1) is 18.8 Å². The normalized spacial score (nSPS) is 10.1. The Morgan fingerprint density at radius 3 is 2.88 bits per heavy atom. The lowest BCUT2D eigenvalue weighted by molar-refractivity contribution is 0.304. The molecule has 2 rings (SSSR count). The Hall–Kier alpha value is -1.83. The summed E-state index contributed by atoms with van der Waals surface area (Å²) in [7, 11) is 0. The first-order chi connectivity index (χ1) is 7.74. The highest BCUT2D eigenvalue weighted by Gasteiger charge is 1.97. The molecular formula is C14H12FO. The lowest BCUT2D eigenvalue weighted by Crippen LogP contribution is -1.95. The molecule has 81 valence electrons. The first-order valence-corrected chi connectivity index (χ1v) is 5.09. The molecule has 0 saturated carbocycles. The van der Waals surface area contributed by atoms with Gasteiger partial charge in [-0.2, -0.15) is 0 Å². The molecule has 16 heavy (non-hydrogen) atoms. The molecule has 0 unspecified atom stereocenters. The second kappa shape index (κ2) is 4.79. The molecular weight excluding hydrogens is 203 g/mol. The standard InChI is InChI=1S/C14H12FO/c1-11-4-2-5-12(8-11)10-16-14-7-3-6-13(15)9-14/h2-5,7-9H,10H2,1H3. The van der Waals surface area contributed by atoms with E-state index >= 15 is 0 Å². The van der Waals surface area contributed by atoms with Gasteiger partial charge in [-0.15, -0.1) is 0 Å². The van der Waals surface area contributed by atoms with Crippen LogP contribution in [0.5, 0.6) is 5.75 Å². The second-order valence-corrected chi connectivity index (χ2v) is 3.65. The monoisotopic (exact) mass is 215 g/mol. The Kier molecular flexibility index (Phi) is 3.20. The molecule has 0 aromatic heterocycles. The average molecular weight is 215 g/mol. The van der Waals surface area contributed by atoms with Crippen LogP contribution in [0.3, 0.4) is 0 Å². The predicted molar refractivity (Wildman–Crippen MR) is 60.7 cm³/mol. The van der Waals surface area contributed by atoms with Gasteiger partial charge in [0.1, 0.15) is 18.2 Å². The summed E-state index contributed by atoms with van der Waals surface area (Å²) in [5, 5.41) is 0. The zero-order chi connectivity index (χ0) is 11.4. The summed E-state index contributed by atoms with van der Waals surface area (Å²) in [6.45, 7) is 2.48. The molecule has 0 aliphatic rings. The number of benzene rings is 2. The summed E-state index contributed by atoms with van der Waals surface area (Å²) in [5.74, 6) is 0.125. The highest BCUT2D eigenvalue weighted by Crippen LogP contribution is 2.14. The van der Waals surface area contributed by atoms with Crippen LogP contribution >= 0.6 is 0 Å². The second-order valence-electron chi connectivity index (χ2n) is 3.65. The van der Waals surface area contributed by atoms with E-state index in [2.05, 4.69) is 6.07 Å². The van der Waals surface area contributed by atoms with Gasteiger partial charge in [0.25, 0.3) is 0 Å². The van der Waals surface area contributed by atoms with E-state index in [1.165, 1.54) is 17.7 Å². The van der Waals surface area contributed by atoms with Crippen LogP contribution < -0.4 is 4.74 Å². The van der Waals surface area contributed by atoms with Gasteiger partial charge < -0.3 is 4.74 Å². The van der Waals surface area contributed by atoms with Gasteiger partial charge >= 0.3 is 0 Å². The Morgan fingerprint density at radius 1 is 1.25 bits per heavy atom. The van der Waals surface area contributed by atoms with Crippen molar-refractivity contribution in [1.29, 1.82) is 0 Å². The molecule has 2 aromatic rings. The molecule has 0 aliphatic carbocycles. The predicted octanol–water partition coefficient (Wildman–Crippen LogP) is 3.51. The van der Waals surface area contributed by atoms with Gasteiger partial charge in [0, 0.05) is 12.1 Å². The van der Waals surface area contributed by atoms with Crippen LogP contribution in [0.25, 0.3) is 0 Å². The molecule has 2 heteroatoms. The summed E-state index contributed by atoms with van der Waals surface area (Å²) in [5.41, 5.74) is 2.27. The van der Waals surface area contributed by atoms with Crippen molar-refractivity contribution in [2.75, 3.05) is 0 Å². The van der Waals surface area contributed by atoms with E-state index in [9.17, 15) is 4.39 Å². The quantitative estimate of drug-likeness (QED) is 0.761. The van der Waals surface area contributed by atoms with Gasteiger partial charge in [-0.25, -0.2) is 4.39 Å². The Bertz CT molecular complexity index is 434. The Labute approximate surface area is 94.5 Å². The lowest BCUT2D eigenvalue weighted by Gasteiger charge is -2.06. The molecule has 1 nitrogen and oxygen atoms in total. The van der Waals surface area contributed by atoms with Gasteiger partial charge in [-0.3, -0.25) is 0 Å². The minimum absolute atomic E-state index is 0.401. The molecule has 0 saturated heterocycles. The largest absolute Gasteiger partial charge is 0.489 e. The summed E-state index contributed by atoms with van der Waals surface area (Å²) in [6, 6.07) is 15.0. The van der Waals surface area contributed by atoms with E-state index in [0.717, 1.165) is 5.56 Å². The first-order valence-electron chi connectivity index (χ1n) is 5.09. The molecule has 0 bridgehead atoms. The lowest BCUT2D eigenvalue weighted by atomic mass is 10.1. The number of ether oxygens (including phenoxy) is 1. The third kappa shape index (κ3) is 2.83. The summed E-state index contributed by atoms with van der Waals surface area (Å²) < 4.78 is 18.3. The van der Waals surface area contributed by atoms with Gasteiger partial charge in [-0.1, -0.05) is 29.8 Å². The molecule has 0 aliphatic heterocycles. The molecule has 0 fully saturated rings. The van der Waals surface area contributed by atoms with E-state index in [1.807, 2.05) is 31.2 Å². The number of hydrogen-bond donors (Lipinski definition) is 0. The van der Waals surface area contributed by atoms with Crippen molar-refractivity contribution in [1.82, 2.24) is 0 Å². The van der Waals surface area contributed by atoms with Crippen molar-refractivity contribution in [3.05, 3.63) is 65.5 Å². The van der Waals surface area contributed by atoms with Crippen LogP contribution in [0.4, 0.5) is 4.39 Å². The van der Waals surface area contributed by atoms with E-state index in [4.69, 9.17) is 4.74 Å². The average Bonchev–Trinajstić information content (AvgIpc) is 2.27. The third-order valence-electron chi connectivity index (χ3n) is 2.23. The van der Waals surface area contributed by atoms with Crippen molar-refractivity contribution in [3.63, 3.8) is 0 Å². The van der Waals surface area contributed by atoms with Crippen molar-refractivity contribution in [3.8, 4) is 5.75 Å². The summed E-state index contributed by atoms with van der Waals surface area (Å²) in [4.78, 5) is 0. The molecule has 2 aromatic carbocycles. The van der Waals surface area contributed by atoms with Crippen molar-refractivity contribution >= 4 is 0 Å². The van der Waals surface area contributed by atoms with E-state index in [1.54, 1.807) is 6.07 Å². The fourth-order valence-corrected chi connectivity index (χ4v) is 1.48. The molecule has 1 radical (unpaired) electrons. The van der Waals surface area contributed by atoms with Crippen LogP contribution in [-0.2, 0) is 6.61 Å². The summed E-state index contributed by atoms with van der Waals surface area (Å²) in [6.07, 6.45) is 0. The van der Waals surface area contributed by atoms with Crippen LogP contribution in [-0.4, -0.2) is 0 Å². The first kappa shape index (κ1) is 10.7. The van der Waals surface area contributed by atoms with Crippen molar-refractivity contribution < 1.29 is 9.13 Å². The van der Waals surface area contributed by atoms with Crippen LogP contribution in [0.2, 0.25) is 0 Å². The van der Waals surface area contributed by atoms with Gasteiger partial charge in [0.2, 0.25) is 0 Å². The molecule has 0 atom stereocenters. The molecule has 0 spiro atoms. The Balaban J connectivity index is 2.02. The zero-order valence-corrected chi connectivity index (χ0v) is 9.03. The highest BCUT2D eigenvalue weighted by molar-refractivity contribution is 5.24. The van der Waals surface area contributed by atoms with Crippen LogP contribution in [0.15, 0.2) is 42.5 Å². The smallest absolute Gasteiger partial charge is 0.134 e. The molecule has 0 N–H and O–H groups in total. The van der Waals surface area contributed by atoms with Gasteiger partial charge in [0.05, 0.1) is 0 Å². The zero-order valence-electron chi connectivity index (χ0n) is 9.03. The summed E-state index contributed by atoms with van der Waals surface area (Å²) >= 11 is 0. The maximum Gasteiger partial charge on any atom is 0.134 e. The fourth-order valence-electron chi connectivity index (χ4n) is 1.48. The highest BCUT2D eigenvalue weighted by atomic mass is 19.1. The molecule has 0 heterocycles. The van der Waals surface area contributed by atoms with E-state index in [-0.39, 0.29) is 0 Å². The van der Waals surface area contributed by atoms with Gasteiger partial charge in [-0.05, 0) is 24.6 Å². The maximum atomic E-state index is 12.8. The van der Waals surface area contributed by atoms with E-state index < -0.39 is 5.82 Å².